The minimum atomic E-state index is -0.669. The van der Waals surface area contributed by atoms with E-state index in [1.165, 1.54) is 10.6 Å². The van der Waals surface area contributed by atoms with Gasteiger partial charge in [-0.05, 0) is 63.1 Å². The molecule has 1 fully saturated rings. The number of aryl methyl sites for hydroxylation is 2. The monoisotopic (exact) mass is 515 g/mol. The number of rotatable bonds is 4. The Morgan fingerprint density at radius 1 is 0.947 bits per heavy atom. The van der Waals surface area contributed by atoms with Gasteiger partial charge in [0, 0.05) is 74.0 Å². The number of piperazine rings is 1. The number of imidazole rings is 1. The number of aromatic hydroxyl groups is 1. The van der Waals surface area contributed by atoms with Crippen LogP contribution in [0.1, 0.15) is 26.3 Å². The molecule has 3 heterocycles. The molecule has 4 aromatic rings. The van der Waals surface area contributed by atoms with Crippen LogP contribution in [0.5, 0.6) is 5.75 Å². The predicted octanol–water partition coefficient (Wildman–Crippen LogP) is 4.98. The van der Waals surface area contributed by atoms with Crippen LogP contribution in [0.25, 0.3) is 28.1 Å². The molecule has 0 radical (unpaired) electrons. The Kier molecular flexibility index (Phi) is 6.61. The molecule has 0 aliphatic carbocycles. The molecule has 198 valence electrons. The first-order chi connectivity index (χ1) is 18.0. The van der Waals surface area contributed by atoms with E-state index in [1.54, 1.807) is 36.1 Å². The molecule has 0 spiro atoms. The molecule has 8 heteroatoms. The van der Waals surface area contributed by atoms with Crippen LogP contribution >= 0.6 is 0 Å². The number of benzene rings is 2. The SMILES string of the molecule is Cc1cc(-c2cc(F)nc(-c3cccc(N4CCN(C(C)(C)C)CC4)c3)c2O)ccc1-n1ccn(C)c1=O. The van der Waals surface area contributed by atoms with Gasteiger partial charge in [0.05, 0.1) is 5.69 Å². The summed E-state index contributed by atoms with van der Waals surface area (Å²) in [5, 5.41) is 11.3. The molecule has 5 rings (SSSR count). The summed E-state index contributed by atoms with van der Waals surface area (Å²) in [4.78, 5) is 21.3. The van der Waals surface area contributed by atoms with E-state index in [1.807, 2.05) is 37.3 Å². The molecular formula is C30H34FN5O2. The number of anilines is 1. The summed E-state index contributed by atoms with van der Waals surface area (Å²) >= 11 is 0. The lowest BCUT2D eigenvalue weighted by Crippen LogP contribution is -2.53. The number of hydrogen-bond donors (Lipinski definition) is 1. The van der Waals surface area contributed by atoms with Crippen molar-refractivity contribution in [2.45, 2.75) is 33.2 Å². The minimum Gasteiger partial charge on any atom is -0.505 e. The number of hydrogen-bond acceptors (Lipinski definition) is 5. The summed E-state index contributed by atoms with van der Waals surface area (Å²) in [6.07, 6.45) is 3.41. The first-order valence-electron chi connectivity index (χ1n) is 12.9. The fourth-order valence-corrected chi connectivity index (χ4v) is 5.15. The third-order valence-electron chi connectivity index (χ3n) is 7.39. The van der Waals surface area contributed by atoms with Crippen LogP contribution in [-0.2, 0) is 7.05 Å². The second-order valence-electron chi connectivity index (χ2n) is 10.9. The zero-order chi connectivity index (χ0) is 27.2. The maximum Gasteiger partial charge on any atom is 0.332 e. The van der Waals surface area contributed by atoms with E-state index in [0.29, 0.717) is 16.7 Å². The van der Waals surface area contributed by atoms with Crippen molar-refractivity contribution in [3.05, 3.63) is 82.9 Å². The molecule has 1 aliphatic heterocycles. The topological polar surface area (TPSA) is 66.5 Å². The van der Waals surface area contributed by atoms with Gasteiger partial charge in [0.2, 0.25) is 5.95 Å². The summed E-state index contributed by atoms with van der Waals surface area (Å²) < 4.78 is 17.9. The van der Waals surface area contributed by atoms with E-state index in [2.05, 4.69) is 35.6 Å². The Labute approximate surface area is 222 Å². The average molecular weight is 516 g/mol. The molecule has 2 aromatic heterocycles. The molecule has 38 heavy (non-hydrogen) atoms. The molecule has 1 aliphatic rings. The molecule has 0 saturated carbocycles. The maximum absolute atomic E-state index is 14.8. The third-order valence-corrected chi connectivity index (χ3v) is 7.39. The van der Waals surface area contributed by atoms with Gasteiger partial charge in [0.25, 0.3) is 0 Å². The standard InChI is InChI=1S/C30H34FN5O2/c1-20-17-21(9-10-25(20)36-16-11-33(5)29(36)38)24-19-26(31)32-27(28(24)37)22-7-6-8-23(18-22)34-12-14-35(15-13-34)30(2,3)4/h6-11,16-19,37H,12-15H2,1-5H3. The first-order valence-corrected chi connectivity index (χ1v) is 12.9. The van der Waals surface area contributed by atoms with E-state index < -0.39 is 5.95 Å². The highest BCUT2D eigenvalue weighted by Crippen LogP contribution is 2.39. The summed E-state index contributed by atoms with van der Waals surface area (Å²) in [5.41, 5.74) is 4.42. The third kappa shape index (κ3) is 4.84. The predicted molar refractivity (Wildman–Crippen MR) is 150 cm³/mol. The lowest BCUT2D eigenvalue weighted by atomic mass is 9.99. The summed E-state index contributed by atoms with van der Waals surface area (Å²) in [6.45, 7) is 12.3. The maximum atomic E-state index is 14.8. The van der Waals surface area contributed by atoms with Gasteiger partial charge in [-0.2, -0.15) is 4.39 Å². The number of nitrogens with zero attached hydrogens (tertiary/aromatic N) is 5. The Bertz CT molecular complexity index is 1540. The molecule has 0 amide bonds. The fourth-order valence-electron chi connectivity index (χ4n) is 5.15. The highest BCUT2D eigenvalue weighted by molar-refractivity contribution is 5.81. The molecule has 1 saturated heterocycles. The zero-order valence-electron chi connectivity index (χ0n) is 22.6. The lowest BCUT2D eigenvalue weighted by Gasteiger charge is -2.43. The van der Waals surface area contributed by atoms with Crippen LogP contribution in [0.4, 0.5) is 10.1 Å². The van der Waals surface area contributed by atoms with Crippen molar-refractivity contribution in [1.82, 2.24) is 19.0 Å². The second-order valence-corrected chi connectivity index (χ2v) is 10.9. The van der Waals surface area contributed by atoms with Crippen molar-refractivity contribution in [1.29, 1.82) is 0 Å². The highest BCUT2D eigenvalue weighted by atomic mass is 19.1. The van der Waals surface area contributed by atoms with Gasteiger partial charge in [0.15, 0.2) is 0 Å². The summed E-state index contributed by atoms with van der Waals surface area (Å²) in [6, 6.07) is 14.5. The van der Waals surface area contributed by atoms with Crippen LogP contribution in [0, 0.1) is 12.9 Å². The Morgan fingerprint density at radius 3 is 2.32 bits per heavy atom. The van der Waals surface area contributed by atoms with Crippen LogP contribution < -0.4 is 10.6 Å². The lowest BCUT2D eigenvalue weighted by molar-refractivity contribution is 0.128. The quantitative estimate of drug-likeness (QED) is 0.389. The van der Waals surface area contributed by atoms with Crippen molar-refractivity contribution in [2.24, 2.45) is 7.05 Å². The van der Waals surface area contributed by atoms with Crippen molar-refractivity contribution in [3.8, 4) is 33.8 Å². The Morgan fingerprint density at radius 2 is 1.68 bits per heavy atom. The van der Waals surface area contributed by atoms with Crippen LogP contribution in [0.3, 0.4) is 0 Å². The van der Waals surface area contributed by atoms with Gasteiger partial charge in [-0.1, -0.05) is 18.2 Å². The van der Waals surface area contributed by atoms with E-state index in [9.17, 15) is 14.3 Å². The van der Waals surface area contributed by atoms with E-state index in [0.717, 1.165) is 43.1 Å². The van der Waals surface area contributed by atoms with Crippen molar-refractivity contribution < 1.29 is 9.50 Å². The zero-order valence-corrected chi connectivity index (χ0v) is 22.6. The van der Waals surface area contributed by atoms with Crippen LogP contribution in [0.15, 0.2) is 65.7 Å². The number of halogens is 1. The minimum absolute atomic E-state index is 0.0786. The number of aromatic nitrogens is 3. The molecule has 0 bridgehead atoms. The van der Waals surface area contributed by atoms with E-state index in [4.69, 9.17) is 0 Å². The molecular weight excluding hydrogens is 481 g/mol. The van der Waals surface area contributed by atoms with Crippen molar-refractivity contribution in [2.75, 3.05) is 31.1 Å². The van der Waals surface area contributed by atoms with Gasteiger partial charge in [-0.15, -0.1) is 0 Å². The van der Waals surface area contributed by atoms with Gasteiger partial charge < -0.3 is 14.6 Å². The van der Waals surface area contributed by atoms with E-state index in [-0.39, 0.29) is 22.7 Å². The molecule has 7 nitrogen and oxygen atoms in total. The van der Waals surface area contributed by atoms with Crippen LogP contribution in [0.2, 0.25) is 0 Å². The largest absolute Gasteiger partial charge is 0.505 e. The van der Waals surface area contributed by atoms with Gasteiger partial charge >= 0.3 is 5.69 Å². The average Bonchev–Trinajstić information content (AvgIpc) is 3.22. The molecule has 0 unspecified atom stereocenters. The van der Waals surface area contributed by atoms with Crippen molar-refractivity contribution in [3.63, 3.8) is 0 Å². The van der Waals surface area contributed by atoms with E-state index >= 15 is 0 Å². The highest BCUT2D eigenvalue weighted by Gasteiger charge is 2.26. The van der Waals surface area contributed by atoms with Gasteiger partial charge in [0.1, 0.15) is 11.4 Å². The first kappa shape index (κ1) is 25.7. The molecule has 1 N–H and O–H groups in total. The normalized spacial score (nSPS) is 14.7. The summed E-state index contributed by atoms with van der Waals surface area (Å²) in [7, 11) is 1.70. The second kappa shape index (κ2) is 9.76. The molecule has 2 aromatic carbocycles. The fraction of sp³-hybridized carbons (Fsp3) is 0.333. The van der Waals surface area contributed by atoms with Gasteiger partial charge in [-0.25, -0.2) is 9.78 Å². The number of pyridine rings is 1. The molecule has 0 atom stereocenters. The smallest absolute Gasteiger partial charge is 0.332 e. The Balaban J connectivity index is 1.47. The van der Waals surface area contributed by atoms with Crippen LogP contribution in [-0.4, -0.2) is 55.8 Å². The van der Waals surface area contributed by atoms with Crippen molar-refractivity contribution >= 4 is 5.69 Å². The summed E-state index contributed by atoms with van der Waals surface area (Å²) in [5.74, 6) is -0.747. The van der Waals surface area contributed by atoms with Gasteiger partial charge in [-0.3, -0.25) is 9.47 Å². The Hall–Kier alpha value is -3.91.